The highest BCUT2D eigenvalue weighted by atomic mass is 19.4. The highest BCUT2D eigenvalue weighted by Gasteiger charge is 2.33. The second-order valence-electron chi connectivity index (χ2n) is 2.48. The molecule has 0 aliphatic carbocycles. The molecule has 0 fully saturated rings. The molecular formula is C8H5F4NO. The molecule has 1 aromatic rings. The number of hydrogen-bond donors (Lipinski definition) is 1. The Morgan fingerprint density at radius 1 is 1.29 bits per heavy atom. The number of alkyl halides is 3. The molecule has 1 N–H and O–H groups in total. The zero-order valence-electron chi connectivity index (χ0n) is 6.72. The van der Waals surface area contributed by atoms with Gasteiger partial charge in [0.15, 0.2) is 0 Å². The zero-order chi connectivity index (χ0) is 10.8. The number of hydrogen-bond acceptors (Lipinski definition) is 2. The van der Waals surface area contributed by atoms with Crippen molar-refractivity contribution in [1.82, 2.24) is 0 Å². The van der Waals surface area contributed by atoms with Gasteiger partial charge in [0.05, 0.1) is 11.8 Å². The minimum atomic E-state index is -4.75. The summed E-state index contributed by atoms with van der Waals surface area (Å²) in [5, 5.41) is 10.6. The van der Waals surface area contributed by atoms with Crippen molar-refractivity contribution >= 4 is 6.21 Å². The standard InChI is InChI=1S/C8H5F4NO/c9-7-2-1-5(4-13-14)3-6(7)8(10,11)12/h1-4,14H. The maximum atomic E-state index is 12.7. The summed E-state index contributed by atoms with van der Waals surface area (Å²) in [4.78, 5) is 0. The van der Waals surface area contributed by atoms with E-state index in [1.54, 1.807) is 0 Å². The lowest BCUT2D eigenvalue weighted by Gasteiger charge is -2.07. The summed E-state index contributed by atoms with van der Waals surface area (Å²) in [5.74, 6) is -1.35. The van der Waals surface area contributed by atoms with E-state index in [2.05, 4.69) is 5.16 Å². The first kappa shape index (κ1) is 10.5. The van der Waals surface area contributed by atoms with Crippen molar-refractivity contribution in [3.8, 4) is 0 Å². The van der Waals surface area contributed by atoms with E-state index in [9.17, 15) is 17.6 Å². The van der Waals surface area contributed by atoms with Gasteiger partial charge in [0.25, 0.3) is 0 Å². The minimum Gasteiger partial charge on any atom is -0.411 e. The van der Waals surface area contributed by atoms with Crippen LogP contribution in [0.5, 0.6) is 0 Å². The second kappa shape index (κ2) is 3.65. The third-order valence-electron chi connectivity index (χ3n) is 1.50. The van der Waals surface area contributed by atoms with Gasteiger partial charge in [-0.05, 0) is 17.7 Å². The van der Waals surface area contributed by atoms with Crippen LogP contribution < -0.4 is 0 Å². The van der Waals surface area contributed by atoms with E-state index in [1.807, 2.05) is 0 Å². The van der Waals surface area contributed by atoms with Gasteiger partial charge in [-0.1, -0.05) is 11.2 Å². The van der Waals surface area contributed by atoms with Crippen LogP contribution in [0.1, 0.15) is 11.1 Å². The first-order valence-corrected chi connectivity index (χ1v) is 3.49. The quantitative estimate of drug-likeness (QED) is 0.326. The summed E-state index contributed by atoms with van der Waals surface area (Å²) >= 11 is 0. The van der Waals surface area contributed by atoms with Crippen molar-refractivity contribution in [2.45, 2.75) is 6.18 Å². The normalized spacial score (nSPS) is 12.3. The Bertz CT molecular complexity index is 359. The first-order chi connectivity index (χ1) is 6.45. The third kappa shape index (κ3) is 2.21. The van der Waals surface area contributed by atoms with Crippen LogP contribution in [0.4, 0.5) is 17.6 Å². The molecule has 0 spiro atoms. The highest BCUT2D eigenvalue weighted by molar-refractivity contribution is 5.79. The maximum absolute atomic E-state index is 12.7. The molecular weight excluding hydrogens is 202 g/mol. The summed E-state index contributed by atoms with van der Waals surface area (Å²) in [6.07, 6.45) is -3.96. The molecule has 0 unspecified atom stereocenters. The fraction of sp³-hybridized carbons (Fsp3) is 0.125. The Hall–Kier alpha value is -1.59. The number of nitrogens with zero attached hydrogens (tertiary/aromatic N) is 1. The molecule has 14 heavy (non-hydrogen) atoms. The maximum Gasteiger partial charge on any atom is 0.419 e. The number of oxime groups is 1. The first-order valence-electron chi connectivity index (χ1n) is 3.49. The van der Waals surface area contributed by atoms with Gasteiger partial charge in [-0.15, -0.1) is 0 Å². The van der Waals surface area contributed by atoms with Crippen LogP contribution in [-0.4, -0.2) is 11.4 Å². The van der Waals surface area contributed by atoms with Crippen LogP contribution in [-0.2, 0) is 6.18 Å². The Balaban J connectivity index is 3.22. The molecule has 0 amide bonds. The molecule has 1 aromatic carbocycles. The molecule has 76 valence electrons. The van der Waals surface area contributed by atoms with Crippen LogP contribution in [0.25, 0.3) is 0 Å². The number of rotatable bonds is 1. The van der Waals surface area contributed by atoms with Gasteiger partial charge in [0, 0.05) is 0 Å². The van der Waals surface area contributed by atoms with Gasteiger partial charge in [-0.3, -0.25) is 0 Å². The Morgan fingerprint density at radius 2 is 1.93 bits per heavy atom. The van der Waals surface area contributed by atoms with E-state index in [1.165, 1.54) is 0 Å². The molecule has 0 heterocycles. The second-order valence-corrected chi connectivity index (χ2v) is 2.48. The monoisotopic (exact) mass is 207 g/mol. The van der Waals surface area contributed by atoms with Crippen molar-refractivity contribution in [2.24, 2.45) is 5.16 Å². The molecule has 0 saturated heterocycles. The van der Waals surface area contributed by atoms with E-state index in [0.29, 0.717) is 12.1 Å². The van der Waals surface area contributed by atoms with E-state index in [-0.39, 0.29) is 5.56 Å². The van der Waals surface area contributed by atoms with Crippen molar-refractivity contribution in [1.29, 1.82) is 0 Å². The molecule has 0 aliphatic heterocycles. The number of benzene rings is 1. The molecule has 0 aliphatic rings. The van der Waals surface area contributed by atoms with Crippen molar-refractivity contribution in [3.63, 3.8) is 0 Å². The predicted octanol–water partition coefficient (Wildman–Crippen LogP) is 2.65. The zero-order valence-corrected chi connectivity index (χ0v) is 6.72. The van der Waals surface area contributed by atoms with E-state index in [0.717, 1.165) is 12.3 Å². The molecule has 2 nitrogen and oxygen atoms in total. The third-order valence-corrected chi connectivity index (χ3v) is 1.50. The summed E-state index contributed by atoms with van der Waals surface area (Å²) in [7, 11) is 0. The number of halogens is 4. The van der Waals surface area contributed by atoms with Crippen LogP contribution >= 0.6 is 0 Å². The van der Waals surface area contributed by atoms with Crippen molar-refractivity contribution in [3.05, 3.63) is 35.1 Å². The van der Waals surface area contributed by atoms with Gasteiger partial charge in [0.1, 0.15) is 5.82 Å². The fourth-order valence-corrected chi connectivity index (χ4v) is 0.907. The fourth-order valence-electron chi connectivity index (χ4n) is 0.907. The minimum absolute atomic E-state index is 0.0266. The Labute approximate surface area is 76.5 Å². The molecule has 0 aromatic heterocycles. The van der Waals surface area contributed by atoms with Crippen LogP contribution in [0, 0.1) is 5.82 Å². The van der Waals surface area contributed by atoms with Gasteiger partial charge >= 0.3 is 6.18 Å². The van der Waals surface area contributed by atoms with Crippen LogP contribution in [0.3, 0.4) is 0 Å². The average molecular weight is 207 g/mol. The van der Waals surface area contributed by atoms with Crippen LogP contribution in [0.2, 0.25) is 0 Å². The lowest BCUT2D eigenvalue weighted by atomic mass is 10.1. The van der Waals surface area contributed by atoms with Crippen molar-refractivity contribution in [2.75, 3.05) is 0 Å². The average Bonchev–Trinajstić information content (AvgIpc) is 2.07. The van der Waals surface area contributed by atoms with Gasteiger partial charge in [-0.25, -0.2) is 4.39 Å². The van der Waals surface area contributed by atoms with Gasteiger partial charge < -0.3 is 5.21 Å². The molecule has 6 heteroatoms. The van der Waals surface area contributed by atoms with Crippen molar-refractivity contribution < 1.29 is 22.8 Å². The predicted molar refractivity (Wildman–Crippen MR) is 40.8 cm³/mol. The molecule has 1 rings (SSSR count). The molecule has 0 atom stereocenters. The Kier molecular flexibility index (Phi) is 2.73. The summed E-state index contributed by atoms with van der Waals surface area (Å²) in [5.41, 5.74) is -1.41. The molecule has 0 radical (unpaired) electrons. The van der Waals surface area contributed by atoms with E-state index in [4.69, 9.17) is 5.21 Å². The van der Waals surface area contributed by atoms with E-state index >= 15 is 0 Å². The van der Waals surface area contributed by atoms with Crippen LogP contribution in [0.15, 0.2) is 23.4 Å². The molecule has 0 saturated carbocycles. The smallest absolute Gasteiger partial charge is 0.411 e. The van der Waals surface area contributed by atoms with Gasteiger partial charge in [0.2, 0.25) is 0 Å². The highest BCUT2D eigenvalue weighted by Crippen LogP contribution is 2.31. The summed E-state index contributed by atoms with van der Waals surface area (Å²) < 4.78 is 49.0. The lowest BCUT2D eigenvalue weighted by Crippen LogP contribution is -2.08. The summed E-state index contributed by atoms with van der Waals surface area (Å²) in [6, 6.07) is 2.30. The Morgan fingerprint density at radius 3 is 2.43 bits per heavy atom. The topological polar surface area (TPSA) is 32.6 Å². The van der Waals surface area contributed by atoms with E-state index < -0.39 is 17.6 Å². The summed E-state index contributed by atoms with van der Waals surface area (Å²) in [6.45, 7) is 0. The largest absolute Gasteiger partial charge is 0.419 e. The molecule has 0 bridgehead atoms. The van der Waals surface area contributed by atoms with Gasteiger partial charge in [-0.2, -0.15) is 13.2 Å². The SMILES string of the molecule is ON=Cc1ccc(F)c(C(F)(F)F)c1. The lowest BCUT2D eigenvalue weighted by molar-refractivity contribution is -0.140.